The summed E-state index contributed by atoms with van der Waals surface area (Å²) < 4.78 is 11.4. The van der Waals surface area contributed by atoms with Gasteiger partial charge in [0.25, 0.3) is 11.8 Å². The number of hydrazine groups is 1. The van der Waals surface area contributed by atoms with E-state index in [0.717, 1.165) is 23.4 Å². The van der Waals surface area contributed by atoms with Gasteiger partial charge in [0.05, 0.1) is 21.6 Å². The summed E-state index contributed by atoms with van der Waals surface area (Å²) >= 11 is 12.9. The van der Waals surface area contributed by atoms with Crippen LogP contribution in [0.25, 0.3) is 10.9 Å². The van der Waals surface area contributed by atoms with E-state index in [1.807, 2.05) is 6.92 Å². The molecule has 0 bridgehead atoms. The molecular weight excluding hydrogens is 607 g/mol. The molecule has 1 saturated heterocycles. The Bertz CT molecular complexity index is 1640. The highest BCUT2D eigenvalue weighted by molar-refractivity contribution is 6.34. The number of nitrogens with zero attached hydrogens (tertiary/aromatic N) is 3. The minimum absolute atomic E-state index is 0.0944. The zero-order valence-corrected chi connectivity index (χ0v) is 27.4. The van der Waals surface area contributed by atoms with Crippen LogP contribution < -0.4 is 15.2 Å². The number of halogens is 2. The Morgan fingerprint density at radius 3 is 2.20 bits per heavy atom. The van der Waals surface area contributed by atoms with Gasteiger partial charge in [-0.05, 0) is 97.2 Å². The van der Waals surface area contributed by atoms with Crippen molar-refractivity contribution in [2.24, 2.45) is 5.41 Å². The number of hydrogen-bond donors (Lipinski definition) is 1. The van der Waals surface area contributed by atoms with E-state index in [4.69, 9.17) is 32.7 Å². The Hall–Kier alpha value is -3.89. The standard InChI is InChI=1S/C32H36Cl2N4O6/c1-18-10-13-23(21(34)16-18)38(36-30(42)44-32(5,6)7)27(39)24-25(28(40)37-14-8-9-15-37)35-22-17-19(33)11-12-20(22)26(24)43-29(41)31(2,3)4/h10-13,16-17H,8-9,14-15H2,1-7H3,(H,36,42). The van der Waals surface area contributed by atoms with Gasteiger partial charge >= 0.3 is 12.1 Å². The van der Waals surface area contributed by atoms with Crippen LogP contribution in [0.3, 0.4) is 0 Å². The minimum atomic E-state index is -0.976. The number of benzene rings is 2. The van der Waals surface area contributed by atoms with Crippen LogP contribution >= 0.6 is 23.2 Å². The van der Waals surface area contributed by atoms with Crippen LogP contribution in [0.1, 0.15) is 80.8 Å². The summed E-state index contributed by atoms with van der Waals surface area (Å²) in [5, 5.41) is 1.61. The van der Waals surface area contributed by atoms with Gasteiger partial charge in [-0.3, -0.25) is 14.4 Å². The Balaban J connectivity index is 2.02. The number of amides is 3. The van der Waals surface area contributed by atoms with Crippen LogP contribution in [0.15, 0.2) is 36.4 Å². The van der Waals surface area contributed by atoms with Gasteiger partial charge in [0.1, 0.15) is 16.9 Å². The maximum absolute atomic E-state index is 14.8. The molecule has 1 aliphatic rings. The molecule has 12 heteroatoms. The molecule has 0 radical (unpaired) electrons. The molecule has 4 rings (SSSR count). The van der Waals surface area contributed by atoms with E-state index in [1.165, 1.54) is 6.07 Å². The highest BCUT2D eigenvalue weighted by Crippen LogP contribution is 2.37. The Kier molecular flexibility index (Phi) is 9.46. The molecule has 0 spiro atoms. The Morgan fingerprint density at radius 1 is 0.955 bits per heavy atom. The average Bonchev–Trinajstić information content (AvgIpc) is 3.44. The predicted octanol–water partition coefficient (Wildman–Crippen LogP) is 7.12. The third-order valence-corrected chi connectivity index (χ3v) is 7.20. The summed E-state index contributed by atoms with van der Waals surface area (Å²) in [6.45, 7) is 12.7. The molecule has 1 aliphatic heterocycles. The molecule has 2 heterocycles. The number of pyridine rings is 1. The normalized spacial score (nSPS) is 13.5. The number of hydrogen-bond acceptors (Lipinski definition) is 7. The molecule has 234 valence electrons. The summed E-state index contributed by atoms with van der Waals surface area (Å²) in [4.78, 5) is 61.3. The number of fused-ring (bicyclic) bond motifs is 1. The number of carbonyl (C=O) groups is 4. The molecule has 3 amide bonds. The monoisotopic (exact) mass is 642 g/mol. The van der Waals surface area contributed by atoms with E-state index in [9.17, 15) is 19.2 Å². The van der Waals surface area contributed by atoms with Gasteiger partial charge in [0.2, 0.25) is 0 Å². The molecule has 0 unspecified atom stereocenters. The number of nitrogens with one attached hydrogen (secondary N) is 1. The van der Waals surface area contributed by atoms with Gasteiger partial charge < -0.3 is 14.4 Å². The molecular formula is C32H36Cl2N4O6. The maximum atomic E-state index is 14.8. The highest BCUT2D eigenvalue weighted by Gasteiger charge is 2.37. The topological polar surface area (TPSA) is 118 Å². The summed E-state index contributed by atoms with van der Waals surface area (Å²) in [6, 6.07) is 9.50. The first-order valence-electron chi connectivity index (χ1n) is 14.2. The molecule has 0 atom stereocenters. The zero-order chi connectivity index (χ0) is 32.6. The minimum Gasteiger partial charge on any atom is -0.443 e. The lowest BCUT2D eigenvalue weighted by Crippen LogP contribution is -2.49. The number of aromatic nitrogens is 1. The molecule has 1 N–H and O–H groups in total. The summed E-state index contributed by atoms with van der Waals surface area (Å²) in [5.74, 6) is -2.31. The van der Waals surface area contributed by atoms with Crippen molar-refractivity contribution in [2.45, 2.75) is 66.9 Å². The number of anilines is 1. The Morgan fingerprint density at radius 2 is 1.61 bits per heavy atom. The van der Waals surface area contributed by atoms with Crippen molar-refractivity contribution in [2.75, 3.05) is 18.1 Å². The summed E-state index contributed by atoms with van der Waals surface area (Å²) in [7, 11) is 0. The number of likely N-dealkylation sites (tertiary alicyclic amines) is 1. The van der Waals surface area contributed by atoms with Gasteiger partial charge in [0.15, 0.2) is 5.75 Å². The molecule has 44 heavy (non-hydrogen) atoms. The van der Waals surface area contributed by atoms with Gasteiger partial charge in [-0.2, -0.15) is 0 Å². The quantitative estimate of drug-likeness (QED) is 0.238. The SMILES string of the molecule is Cc1ccc(N(NC(=O)OC(C)(C)C)C(=O)c2c(C(=O)N3CCCC3)nc3cc(Cl)ccc3c2OC(=O)C(C)(C)C)c(Cl)c1. The highest BCUT2D eigenvalue weighted by atomic mass is 35.5. The molecule has 1 aromatic heterocycles. The maximum Gasteiger partial charge on any atom is 0.427 e. The van der Waals surface area contributed by atoms with Gasteiger partial charge in [0, 0.05) is 23.5 Å². The third-order valence-electron chi connectivity index (χ3n) is 6.67. The van der Waals surface area contributed by atoms with Crippen LogP contribution in [0, 0.1) is 12.3 Å². The van der Waals surface area contributed by atoms with E-state index in [1.54, 1.807) is 76.8 Å². The molecule has 1 fully saturated rings. The predicted molar refractivity (Wildman–Crippen MR) is 169 cm³/mol. The largest absolute Gasteiger partial charge is 0.443 e. The Labute approximate surface area is 266 Å². The molecule has 10 nitrogen and oxygen atoms in total. The van der Waals surface area contributed by atoms with Crippen molar-refractivity contribution in [3.63, 3.8) is 0 Å². The first-order chi connectivity index (χ1) is 20.5. The third kappa shape index (κ3) is 7.42. The number of carbonyl (C=O) groups excluding carboxylic acids is 4. The number of aryl methyl sites for hydroxylation is 1. The van der Waals surface area contributed by atoms with E-state index >= 15 is 0 Å². The van der Waals surface area contributed by atoms with Crippen molar-refractivity contribution in [1.82, 2.24) is 15.3 Å². The zero-order valence-electron chi connectivity index (χ0n) is 25.8. The lowest BCUT2D eigenvalue weighted by atomic mass is 9.97. The van der Waals surface area contributed by atoms with Crippen LogP contribution in [0.4, 0.5) is 10.5 Å². The van der Waals surface area contributed by atoms with E-state index in [0.29, 0.717) is 18.1 Å². The van der Waals surface area contributed by atoms with Gasteiger partial charge in [-0.15, -0.1) is 0 Å². The second kappa shape index (κ2) is 12.6. The van der Waals surface area contributed by atoms with Gasteiger partial charge in [-0.25, -0.2) is 20.2 Å². The summed E-state index contributed by atoms with van der Waals surface area (Å²) in [5.41, 5.74) is 1.15. The van der Waals surface area contributed by atoms with Crippen molar-refractivity contribution in [1.29, 1.82) is 0 Å². The smallest absolute Gasteiger partial charge is 0.427 e. The second-order valence-electron chi connectivity index (χ2n) is 12.7. The first-order valence-corrected chi connectivity index (χ1v) is 15.0. The number of ether oxygens (including phenoxy) is 2. The average molecular weight is 644 g/mol. The van der Waals surface area contributed by atoms with Crippen LogP contribution in [-0.2, 0) is 9.53 Å². The van der Waals surface area contributed by atoms with Crippen molar-refractivity contribution in [3.8, 4) is 5.75 Å². The van der Waals surface area contributed by atoms with Crippen molar-refractivity contribution >= 4 is 63.7 Å². The van der Waals surface area contributed by atoms with E-state index in [-0.39, 0.29) is 38.6 Å². The number of rotatable bonds is 4. The lowest BCUT2D eigenvalue weighted by molar-refractivity contribution is -0.142. The first kappa shape index (κ1) is 33.0. The fourth-order valence-corrected chi connectivity index (χ4v) is 4.99. The molecule has 0 aliphatic carbocycles. The molecule has 0 saturated carbocycles. The fraction of sp³-hybridized carbons (Fsp3) is 0.406. The van der Waals surface area contributed by atoms with Crippen LogP contribution in [0.2, 0.25) is 10.0 Å². The van der Waals surface area contributed by atoms with Crippen molar-refractivity contribution < 1.29 is 28.7 Å². The molecule has 3 aromatic rings. The van der Waals surface area contributed by atoms with E-state index < -0.39 is 34.9 Å². The summed E-state index contributed by atoms with van der Waals surface area (Å²) in [6.07, 6.45) is 0.612. The lowest BCUT2D eigenvalue weighted by Gasteiger charge is -2.29. The van der Waals surface area contributed by atoms with Crippen molar-refractivity contribution in [3.05, 3.63) is 63.3 Å². The fourth-order valence-electron chi connectivity index (χ4n) is 4.50. The van der Waals surface area contributed by atoms with Crippen LogP contribution in [0.5, 0.6) is 5.75 Å². The van der Waals surface area contributed by atoms with Gasteiger partial charge in [-0.1, -0.05) is 29.3 Å². The molecule has 2 aromatic carbocycles. The van der Waals surface area contributed by atoms with E-state index in [2.05, 4.69) is 10.4 Å². The second-order valence-corrected chi connectivity index (χ2v) is 13.5. The van der Waals surface area contributed by atoms with Crippen LogP contribution in [-0.4, -0.2) is 52.5 Å². The number of esters is 1.